The van der Waals surface area contributed by atoms with E-state index >= 15 is 0 Å². The van der Waals surface area contributed by atoms with Gasteiger partial charge in [0.15, 0.2) is 0 Å². The monoisotopic (exact) mass is 251 g/mol. The van der Waals surface area contributed by atoms with Gasteiger partial charge in [0, 0.05) is 13.1 Å². The summed E-state index contributed by atoms with van der Waals surface area (Å²) in [6.45, 7) is 5.79. The van der Waals surface area contributed by atoms with Crippen LogP contribution in [0.1, 0.15) is 20.8 Å². The summed E-state index contributed by atoms with van der Waals surface area (Å²) < 4.78 is 24.8. The molecule has 7 heteroatoms. The molecular weight excluding hydrogens is 230 g/mol. The summed E-state index contributed by atoms with van der Waals surface area (Å²) in [5, 5.41) is 2.50. The van der Waals surface area contributed by atoms with Gasteiger partial charge in [-0.3, -0.25) is 4.79 Å². The van der Waals surface area contributed by atoms with Crippen molar-refractivity contribution in [2.24, 2.45) is 11.7 Å². The molecule has 0 radical (unpaired) electrons. The summed E-state index contributed by atoms with van der Waals surface area (Å²) >= 11 is 0. The van der Waals surface area contributed by atoms with Crippen molar-refractivity contribution in [1.29, 1.82) is 0 Å². The summed E-state index contributed by atoms with van der Waals surface area (Å²) in [6.07, 6.45) is 0. The first kappa shape index (κ1) is 15.3. The third-order valence-electron chi connectivity index (χ3n) is 2.06. The SMILES string of the molecule is CCNS(=O)(=O)CCNC(=O)[C@H](N)C(C)C. The van der Waals surface area contributed by atoms with Gasteiger partial charge in [0.2, 0.25) is 15.9 Å². The molecule has 0 unspecified atom stereocenters. The van der Waals surface area contributed by atoms with Crippen LogP contribution in [0.4, 0.5) is 0 Å². The molecule has 96 valence electrons. The van der Waals surface area contributed by atoms with Crippen molar-refractivity contribution in [2.45, 2.75) is 26.8 Å². The zero-order valence-electron chi connectivity index (χ0n) is 9.99. The van der Waals surface area contributed by atoms with Gasteiger partial charge in [-0.2, -0.15) is 0 Å². The van der Waals surface area contributed by atoms with E-state index in [-0.39, 0.29) is 24.1 Å². The van der Waals surface area contributed by atoms with Gasteiger partial charge >= 0.3 is 0 Å². The van der Waals surface area contributed by atoms with Gasteiger partial charge in [0.1, 0.15) is 0 Å². The number of amides is 1. The number of carbonyl (C=O) groups is 1. The Morgan fingerprint density at radius 2 is 1.94 bits per heavy atom. The van der Waals surface area contributed by atoms with Gasteiger partial charge in [0.25, 0.3) is 0 Å². The maximum absolute atomic E-state index is 11.4. The number of nitrogens with one attached hydrogen (secondary N) is 2. The standard InChI is InChI=1S/C9H21N3O3S/c1-4-12-16(14,15)6-5-11-9(13)8(10)7(2)3/h7-8,12H,4-6,10H2,1-3H3,(H,11,13)/t8-/m1/s1. The molecule has 0 aliphatic rings. The number of nitrogens with two attached hydrogens (primary N) is 1. The lowest BCUT2D eigenvalue weighted by Gasteiger charge is -2.15. The number of sulfonamides is 1. The quantitative estimate of drug-likeness (QED) is 0.541. The van der Waals surface area contributed by atoms with E-state index in [2.05, 4.69) is 10.0 Å². The minimum atomic E-state index is -3.28. The van der Waals surface area contributed by atoms with Crippen LogP contribution < -0.4 is 15.8 Å². The van der Waals surface area contributed by atoms with Crippen molar-refractivity contribution in [1.82, 2.24) is 10.0 Å². The highest BCUT2D eigenvalue weighted by Gasteiger charge is 2.17. The molecule has 0 heterocycles. The largest absolute Gasteiger partial charge is 0.354 e. The van der Waals surface area contributed by atoms with E-state index in [1.165, 1.54) is 0 Å². The van der Waals surface area contributed by atoms with Gasteiger partial charge in [-0.1, -0.05) is 20.8 Å². The fraction of sp³-hybridized carbons (Fsp3) is 0.889. The van der Waals surface area contributed by atoms with Crippen molar-refractivity contribution < 1.29 is 13.2 Å². The topological polar surface area (TPSA) is 101 Å². The zero-order chi connectivity index (χ0) is 12.8. The summed E-state index contributed by atoms with van der Waals surface area (Å²) in [5.41, 5.74) is 5.59. The predicted octanol–water partition coefficient (Wildman–Crippen LogP) is -0.975. The lowest BCUT2D eigenvalue weighted by atomic mass is 10.1. The highest BCUT2D eigenvalue weighted by Crippen LogP contribution is 1.97. The van der Waals surface area contributed by atoms with Crippen LogP contribution >= 0.6 is 0 Å². The third-order valence-corrected chi connectivity index (χ3v) is 3.53. The van der Waals surface area contributed by atoms with E-state index in [9.17, 15) is 13.2 Å². The second-order valence-electron chi connectivity index (χ2n) is 3.88. The third kappa shape index (κ3) is 6.04. The Labute approximate surface area is 97.0 Å². The summed E-state index contributed by atoms with van der Waals surface area (Å²) in [5.74, 6) is -0.413. The van der Waals surface area contributed by atoms with Crippen LogP contribution in [0.25, 0.3) is 0 Å². The predicted molar refractivity (Wildman–Crippen MR) is 63.3 cm³/mol. The molecule has 0 aliphatic carbocycles. The Morgan fingerprint density at radius 3 is 2.38 bits per heavy atom. The summed E-state index contributed by atoms with van der Waals surface area (Å²) in [4.78, 5) is 11.4. The molecule has 1 amide bonds. The molecule has 0 aromatic heterocycles. The van der Waals surface area contributed by atoms with E-state index in [1.807, 2.05) is 13.8 Å². The minimum absolute atomic E-state index is 0.0328. The van der Waals surface area contributed by atoms with Crippen molar-refractivity contribution in [3.8, 4) is 0 Å². The van der Waals surface area contributed by atoms with E-state index in [0.29, 0.717) is 6.54 Å². The molecule has 6 nitrogen and oxygen atoms in total. The lowest BCUT2D eigenvalue weighted by Crippen LogP contribution is -2.45. The Bertz CT molecular complexity index is 314. The molecule has 1 atom stereocenters. The van der Waals surface area contributed by atoms with E-state index in [4.69, 9.17) is 5.73 Å². The highest BCUT2D eigenvalue weighted by molar-refractivity contribution is 7.89. The molecule has 0 spiro atoms. The van der Waals surface area contributed by atoms with Crippen molar-refractivity contribution in [2.75, 3.05) is 18.8 Å². The summed E-state index contributed by atoms with van der Waals surface area (Å²) in [6, 6.07) is -0.596. The van der Waals surface area contributed by atoms with Crippen LogP contribution in [0.15, 0.2) is 0 Å². The number of hydrogen-bond donors (Lipinski definition) is 3. The average Bonchev–Trinajstić information content (AvgIpc) is 2.15. The summed E-state index contributed by atoms with van der Waals surface area (Å²) in [7, 11) is -3.28. The smallest absolute Gasteiger partial charge is 0.237 e. The van der Waals surface area contributed by atoms with Gasteiger partial charge in [-0.15, -0.1) is 0 Å². The molecule has 0 aromatic rings. The van der Waals surface area contributed by atoms with Crippen LogP contribution in [-0.4, -0.2) is 39.2 Å². The zero-order valence-corrected chi connectivity index (χ0v) is 10.8. The molecule has 0 saturated heterocycles. The minimum Gasteiger partial charge on any atom is -0.354 e. The Morgan fingerprint density at radius 1 is 1.38 bits per heavy atom. The van der Waals surface area contributed by atoms with Crippen molar-refractivity contribution >= 4 is 15.9 Å². The van der Waals surface area contributed by atoms with Crippen LogP contribution in [0.2, 0.25) is 0 Å². The first-order valence-corrected chi connectivity index (χ1v) is 6.96. The molecule has 4 N–H and O–H groups in total. The van der Waals surface area contributed by atoms with Crippen molar-refractivity contribution in [3.05, 3.63) is 0 Å². The first-order chi connectivity index (χ1) is 7.30. The van der Waals surface area contributed by atoms with Crippen LogP contribution in [0, 0.1) is 5.92 Å². The molecular formula is C9H21N3O3S. The molecule has 0 saturated carbocycles. The second kappa shape index (κ2) is 6.82. The van der Waals surface area contributed by atoms with Crippen molar-refractivity contribution in [3.63, 3.8) is 0 Å². The average molecular weight is 251 g/mol. The fourth-order valence-electron chi connectivity index (χ4n) is 1.02. The lowest BCUT2D eigenvalue weighted by molar-refractivity contribution is -0.123. The van der Waals surface area contributed by atoms with E-state index in [0.717, 1.165) is 0 Å². The fourth-order valence-corrected chi connectivity index (χ4v) is 1.98. The maximum Gasteiger partial charge on any atom is 0.237 e. The van der Waals surface area contributed by atoms with Gasteiger partial charge in [-0.05, 0) is 5.92 Å². The van der Waals surface area contributed by atoms with Gasteiger partial charge in [0.05, 0.1) is 11.8 Å². The van der Waals surface area contributed by atoms with E-state index in [1.54, 1.807) is 6.92 Å². The Balaban J connectivity index is 3.96. The molecule has 0 rings (SSSR count). The van der Waals surface area contributed by atoms with E-state index < -0.39 is 16.1 Å². The van der Waals surface area contributed by atoms with Gasteiger partial charge < -0.3 is 11.1 Å². The Kier molecular flexibility index (Phi) is 6.54. The molecule has 0 bridgehead atoms. The normalized spacial score (nSPS) is 13.8. The Hall–Kier alpha value is -0.660. The highest BCUT2D eigenvalue weighted by atomic mass is 32.2. The van der Waals surface area contributed by atoms with Gasteiger partial charge in [-0.25, -0.2) is 13.1 Å². The number of rotatable bonds is 7. The first-order valence-electron chi connectivity index (χ1n) is 5.30. The van der Waals surface area contributed by atoms with Crippen LogP contribution in [0.5, 0.6) is 0 Å². The maximum atomic E-state index is 11.4. The molecule has 0 aliphatic heterocycles. The molecule has 16 heavy (non-hydrogen) atoms. The number of hydrogen-bond acceptors (Lipinski definition) is 4. The van der Waals surface area contributed by atoms with Crippen LogP contribution in [0.3, 0.4) is 0 Å². The number of carbonyl (C=O) groups excluding carboxylic acids is 1. The molecule has 0 aromatic carbocycles. The molecule has 0 fully saturated rings. The second-order valence-corrected chi connectivity index (χ2v) is 5.80. The van der Waals surface area contributed by atoms with Crippen LogP contribution in [-0.2, 0) is 14.8 Å².